The number of hydrogen-bond donors (Lipinski definition) is 2. The van der Waals surface area contributed by atoms with Crippen LogP contribution in [0.2, 0.25) is 0 Å². The molecule has 1 unspecified atom stereocenters. The van der Waals surface area contributed by atoms with Crippen LogP contribution >= 0.6 is 0 Å². The molecule has 0 rings (SSSR count). The Kier molecular flexibility index (Phi) is 6.29. The second kappa shape index (κ2) is 6.52. The molecule has 108 valence electrons. The van der Waals surface area contributed by atoms with Gasteiger partial charge in [-0.15, -0.1) is 0 Å². The van der Waals surface area contributed by atoms with Crippen LogP contribution < -0.4 is 11.1 Å². The second-order valence-corrected chi connectivity index (χ2v) is 8.23. The van der Waals surface area contributed by atoms with Gasteiger partial charge in [-0.3, -0.25) is 4.79 Å². The lowest BCUT2D eigenvalue weighted by Crippen LogP contribution is -2.46. The molecule has 0 aromatic carbocycles. The van der Waals surface area contributed by atoms with E-state index in [1.165, 1.54) is 6.92 Å². The van der Waals surface area contributed by atoms with Crippen molar-refractivity contribution >= 4 is 15.7 Å². The van der Waals surface area contributed by atoms with Gasteiger partial charge in [-0.25, -0.2) is 8.42 Å². The number of nitrogens with two attached hydrogens (primary N) is 1. The van der Waals surface area contributed by atoms with Crippen LogP contribution in [0.25, 0.3) is 0 Å². The summed E-state index contributed by atoms with van der Waals surface area (Å²) in [5.41, 5.74) is 4.86. The summed E-state index contributed by atoms with van der Waals surface area (Å²) in [6, 6.07) is 0. The highest BCUT2D eigenvalue weighted by molar-refractivity contribution is 7.92. The first-order chi connectivity index (χ1) is 7.96. The van der Waals surface area contributed by atoms with Crippen LogP contribution in [-0.2, 0) is 14.6 Å². The van der Waals surface area contributed by atoms with E-state index in [-0.39, 0.29) is 5.75 Å². The highest BCUT2D eigenvalue weighted by Gasteiger charge is 2.32. The summed E-state index contributed by atoms with van der Waals surface area (Å²) in [6.45, 7) is 9.27. The van der Waals surface area contributed by atoms with Crippen LogP contribution in [0.15, 0.2) is 0 Å². The largest absolute Gasteiger partial charge is 0.355 e. The van der Waals surface area contributed by atoms with Crippen molar-refractivity contribution in [2.45, 2.75) is 51.8 Å². The quantitative estimate of drug-likeness (QED) is 0.717. The molecule has 0 aliphatic carbocycles. The molecule has 3 N–H and O–H groups in total. The summed E-state index contributed by atoms with van der Waals surface area (Å²) in [5, 5.41) is 1.60. The van der Waals surface area contributed by atoms with E-state index in [0.29, 0.717) is 12.5 Å². The van der Waals surface area contributed by atoms with E-state index in [2.05, 4.69) is 5.32 Å². The molecule has 18 heavy (non-hydrogen) atoms. The van der Waals surface area contributed by atoms with Crippen molar-refractivity contribution < 1.29 is 13.2 Å². The molecule has 0 spiro atoms. The molecule has 0 aliphatic heterocycles. The Labute approximate surface area is 110 Å². The first kappa shape index (κ1) is 17.4. The molecule has 0 bridgehead atoms. The maximum Gasteiger partial charge on any atom is 0.238 e. The maximum atomic E-state index is 11.9. The van der Waals surface area contributed by atoms with Crippen molar-refractivity contribution in [2.75, 3.05) is 12.3 Å². The number of sulfone groups is 1. The van der Waals surface area contributed by atoms with Gasteiger partial charge >= 0.3 is 0 Å². The summed E-state index contributed by atoms with van der Waals surface area (Å²) in [5.74, 6) is -0.168. The highest BCUT2D eigenvalue weighted by atomic mass is 32.2. The lowest BCUT2D eigenvalue weighted by atomic mass is 10.1. The van der Waals surface area contributed by atoms with E-state index >= 15 is 0 Å². The fourth-order valence-electron chi connectivity index (χ4n) is 1.43. The number of nitrogens with one attached hydrogen (secondary N) is 1. The number of carbonyl (C=O) groups is 1. The van der Waals surface area contributed by atoms with Crippen molar-refractivity contribution in [3.8, 4) is 0 Å². The Morgan fingerprint density at radius 3 is 2.17 bits per heavy atom. The topological polar surface area (TPSA) is 89.3 Å². The SMILES string of the molecule is CC(C)CCNC(=O)C(C)S(=O)(=O)CC(C)(C)N. The van der Waals surface area contributed by atoms with Gasteiger partial charge in [0.2, 0.25) is 5.91 Å². The monoisotopic (exact) mass is 278 g/mol. The molecule has 1 atom stereocenters. The molecule has 5 nitrogen and oxygen atoms in total. The molecular weight excluding hydrogens is 252 g/mol. The van der Waals surface area contributed by atoms with Crippen LogP contribution in [0.3, 0.4) is 0 Å². The number of carbonyl (C=O) groups excluding carboxylic acids is 1. The Balaban J connectivity index is 4.45. The third-order valence-electron chi connectivity index (χ3n) is 2.50. The minimum Gasteiger partial charge on any atom is -0.355 e. The molecule has 0 aliphatic rings. The Hall–Kier alpha value is -0.620. The van der Waals surface area contributed by atoms with Crippen molar-refractivity contribution in [1.29, 1.82) is 0 Å². The molecule has 0 saturated heterocycles. The highest BCUT2D eigenvalue weighted by Crippen LogP contribution is 2.09. The smallest absolute Gasteiger partial charge is 0.238 e. The van der Waals surface area contributed by atoms with Crippen LogP contribution in [0.4, 0.5) is 0 Å². The van der Waals surface area contributed by atoms with Crippen molar-refractivity contribution in [3.05, 3.63) is 0 Å². The van der Waals surface area contributed by atoms with Gasteiger partial charge in [0.25, 0.3) is 0 Å². The summed E-state index contributed by atoms with van der Waals surface area (Å²) < 4.78 is 23.9. The van der Waals surface area contributed by atoms with E-state index in [4.69, 9.17) is 5.73 Å². The van der Waals surface area contributed by atoms with E-state index in [1.807, 2.05) is 13.8 Å². The van der Waals surface area contributed by atoms with Gasteiger partial charge in [-0.2, -0.15) is 0 Å². The third-order valence-corrected chi connectivity index (χ3v) is 4.94. The average molecular weight is 278 g/mol. The molecule has 0 radical (unpaired) electrons. The third kappa shape index (κ3) is 6.96. The normalized spacial score (nSPS) is 14.6. The lowest BCUT2D eigenvalue weighted by Gasteiger charge is -2.21. The van der Waals surface area contributed by atoms with E-state index in [0.717, 1.165) is 6.42 Å². The van der Waals surface area contributed by atoms with Crippen LogP contribution in [0, 0.1) is 5.92 Å². The number of amides is 1. The summed E-state index contributed by atoms with van der Waals surface area (Å²) in [6.07, 6.45) is 0.834. The first-order valence-electron chi connectivity index (χ1n) is 6.24. The van der Waals surface area contributed by atoms with Crippen molar-refractivity contribution in [1.82, 2.24) is 5.32 Å². The predicted molar refractivity (Wildman–Crippen MR) is 74.0 cm³/mol. The Morgan fingerprint density at radius 1 is 1.28 bits per heavy atom. The Bertz CT molecular complexity index is 369. The van der Waals surface area contributed by atoms with Gasteiger partial charge in [-0.05, 0) is 33.1 Å². The van der Waals surface area contributed by atoms with Crippen LogP contribution in [0.5, 0.6) is 0 Å². The molecule has 0 heterocycles. The Morgan fingerprint density at radius 2 is 1.78 bits per heavy atom. The van der Waals surface area contributed by atoms with Gasteiger partial charge < -0.3 is 11.1 Å². The number of rotatable bonds is 7. The van der Waals surface area contributed by atoms with Gasteiger partial charge in [0.15, 0.2) is 9.84 Å². The maximum absolute atomic E-state index is 11.9. The van der Waals surface area contributed by atoms with Crippen LogP contribution in [-0.4, -0.2) is 37.4 Å². The van der Waals surface area contributed by atoms with Gasteiger partial charge in [0.1, 0.15) is 5.25 Å². The zero-order valence-corrected chi connectivity index (χ0v) is 12.8. The zero-order valence-electron chi connectivity index (χ0n) is 12.0. The van der Waals surface area contributed by atoms with E-state index < -0.39 is 26.5 Å². The molecular formula is C12H26N2O3S. The van der Waals surface area contributed by atoms with Gasteiger partial charge in [0.05, 0.1) is 5.75 Å². The van der Waals surface area contributed by atoms with Gasteiger partial charge in [-0.1, -0.05) is 13.8 Å². The average Bonchev–Trinajstić information content (AvgIpc) is 2.11. The zero-order chi connectivity index (χ0) is 14.6. The standard InChI is InChI=1S/C12H26N2O3S/c1-9(2)6-7-14-11(15)10(3)18(16,17)8-12(4,5)13/h9-10H,6-8,13H2,1-5H3,(H,14,15). The minimum absolute atomic E-state index is 0.196. The first-order valence-corrected chi connectivity index (χ1v) is 7.95. The summed E-state index contributed by atoms with van der Waals surface area (Å²) in [7, 11) is -3.50. The number of hydrogen-bond acceptors (Lipinski definition) is 4. The second-order valence-electron chi connectivity index (χ2n) is 5.91. The summed E-state index contributed by atoms with van der Waals surface area (Å²) >= 11 is 0. The molecule has 0 aromatic heterocycles. The predicted octanol–water partition coefficient (Wildman–Crippen LogP) is 0.689. The molecule has 0 aromatic rings. The fourth-order valence-corrected chi connectivity index (χ4v) is 3.13. The molecule has 0 fully saturated rings. The minimum atomic E-state index is -3.50. The van der Waals surface area contributed by atoms with Crippen LogP contribution in [0.1, 0.15) is 41.0 Å². The summed E-state index contributed by atoms with van der Waals surface area (Å²) in [4.78, 5) is 11.7. The molecule has 0 saturated carbocycles. The van der Waals surface area contributed by atoms with E-state index in [9.17, 15) is 13.2 Å². The van der Waals surface area contributed by atoms with Crippen molar-refractivity contribution in [3.63, 3.8) is 0 Å². The van der Waals surface area contributed by atoms with Gasteiger partial charge in [0, 0.05) is 12.1 Å². The lowest BCUT2D eigenvalue weighted by molar-refractivity contribution is -0.120. The fraction of sp³-hybridized carbons (Fsp3) is 0.917. The molecule has 1 amide bonds. The van der Waals surface area contributed by atoms with E-state index in [1.54, 1.807) is 13.8 Å². The van der Waals surface area contributed by atoms with Crippen molar-refractivity contribution in [2.24, 2.45) is 11.7 Å². The molecule has 6 heteroatoms.